The molecule has 1 fully saturated rings. The molecule has 0 radical (unpaired) electrons. The van der Waals surface area contributed by atoms with Gasteiger partial charge in [0, 0.05) is 18.2 Å². The molecule has 2 aliphatic rings. The first kappa shape index (κ1) is 25.5. The van der Waals surface area contributed by atoms with Gasteiger partial charge in [-0.25, -0.2) is 9.78 Å². The average molecular weight is 514 g/mol. The highest BCUT2D eigenvalue weighted by atomic mass is 32.2. The first-order chi connectivity index (χ1) is 16.2. The summed E-state index contributed by atoms with van der Waals surface area (Å²) in [6, 6.07) is -0.990. The predicted molar refractivity (Wildman–Crippen MR) is 121 cm³/mol. The Balaban J connectivity index is 1.71. The van der Waals surface area contributed by atoms with Crippen molar-refractivity contribution in [3.63, 3.8) is 0 Å². The van der Waals surface area contributed by atoms with Crippen molar-refractivity contribution < 1.29 is 38.6 Å². The molecule has 0 aliphatic carbocycles. The van der Waals surface area contributed by atoms with E-state index in [0.29, 0.717) is 11.3 Å². The van der Waals surface area contributed by atoms with Gasteiger partial charge in [0.15, 0.2) is 10.8 Å². The first-order valence-electron chi connectivity index (χ1n) is 9.93. The summed E-state index contributed by atoms with van der Waals surface area (Å²) in [6.07, 6.45) is 0. The summed E-state index contributed by atoms with van der Waals surface area (Å²) < 4.78 is 15.1. The third-order valence-corrected chi connectivity index (χ3v) is 6.80. The Morgan fingerprint density at radius 3 is 2.71 bits per heavy atom. The molecule has 34 heavy (non-hydrogen) atoms. The molecule has 184 valence electrons. The normalized spacial score (nSPS) is 20.1. The molecule has 2 atom stereocenters. The molecule has 3 rings (SSSR count). The molecule has 15 heteroatoms. The quantitative estimate of drug-likeness (QED) is 0.100. The van der Waals surface area contributed by atoms with Crippen LogP contribution >= 0.6 is 23.1 Å². The van der Waals surface area contributed by atoms with Crippen LogP contribution in [0.4, 0.5) is 5.13 Å². The Hall–Kier alpha value is -3.17. The number of thiazole rings is 1. The Labute approximate surface area is 202 Å². The Morgan fingerprint density at radius 2 is 2.12 bits per heavy atom. The topological polar surface area (TPSA) is 183 Å². The zero-order chi connectivity index (χ0) is 25.0. The lowest BCUT2D eigenvalue weighted by Gasteiger charge is -2.49. The molecule has 3 heterocycles. The van der Waals surface area contributed by atoms with Crippen LogP contribution in [0.1, 0.15) is 19.5 Å². The van der Waals surface area contributed by atoms with Gasteiger partial charge < -0.3 is 30.5 Å². The number of amides is 2. The summed E-state index contributed by atoms with van der Waals surface area (Å²) in [5.74, 6) is -2.87. The van der Waals surface area contributed by atoms with Gasteiger partial charge in [-0.2, -0.15) is 0 Å². The number of thioether (sulfide) groups is 1. The second kappa shape index (κ2) is 10.8. The van der Waals surface area contributed by atoms with Gasteiger partial charge in [-0.05, 0) is 5.57 Å². The molecule has 2 aliphatic heterocycles. The van der Waals surface area contributed by atoms with E-state index in [1.165, 1.54) is 29.2 Å². The van der Waals surface area contributed by atoms with E-state index in [1.807, 2.05) is 0 Å². The summed E-state index contributed by atoms with van der Waals surface area (Å²) in [5, 5.41) is 15.7. The second-order valence-corrected chi connectivity index (χ2v) is 9.43. The molecule has 4 N–H and O–H groups in total. The fourth-order valence-electron chi connectivity index (χ4n) is 3.15. The number of esters is 2. The number of nitrogens with two attached hydrogens (primary N) is 1. The number of oxime groups is 1. The molecular formula is C19H23N5O8S2. The number of carbonyl (C=O) groups excluding carboxylic acids is 4. The summed E-state index contributed by atoms with van der Waals surface area (Å²) in [6.45, 7) is 2.74. The molecule has 2 amide bonds. The highest BCUT2D eigenvalue weighted by Gasteiger charge is 2.54. The van der Waals surface area contributed by atoms with Crippen molar-refractivity contribution >= 4 is 57.7 Å². The zero-order valence-corrected chi connectivity index (χ0v) is 20.1. The summed E-state index contributed by atoms with van der Waals surface area (Å²) in [5.41, 5.74) is 5.70. The van der Waals surface area contributed by atoms with Crippen LogP contribution in [-0.2, 0) is 33.4 Å². The van der Waals surface area contributed by atoms with Gasteiger partial charge in [-0.15, -0.1) is 23.1 Å². The van der Waals surface area contributed by atoms with Crippen molar-refractivity contribution in [3.8, 4) is 0 Å². The van der Waals surface area contributed by atoms with Gasteiger partial charge in [-0.3, -0.25) is 19.3 Å². The van der Waals surface area contributed by atoms with Gasteiger partial charge in [0.05, 0.1) is 12.5 Å². The van der Waals surface area contributed by atoms with E-state index in [9.17, 15) is 24.4 Å². The number of aromatic nitrogens is 1. The number of fused-ring (bicyclic) bond motifs is 1. The minimum absolute atomic E-state index is 0.0231. The lowest BCUT2D eigenvalue weighted by molar-refractivity contribution is -0.170. The number of hydrogen-bond acceptors (Lipinski definition) is 13. The first-order valence-corrected chi connectivity index (χ1v) is 11.9. The van der Waals surface area contributed by atoms with Gasteiger partial charge in [0.1, 0.15) is 22.8 Å². The van der Waals surface area contributed by atoms with Crippen molar-refractivity contribution in [1.29, 1.82) is 0 Å². The molecule has 0 bridgehead atoms. The van der Waals surface area contributed by atoms with E-state index >= 15 is 0 Å². The lowest BCUT2D eigenvalue weighted by Crippen LogP contribution is -2.71. The SMILES string of the molecule is COCC1=C(C(=O)OCOC(=O)C(C)C)N2C(=O)C(NC(=O)C(=NO)c3csc(N)n3)[C@@H]2SC1. The van der Waals surface area contributed by atoms with Crippen molar-refractivity contribution in [2.24, 2.45) is 11.1 Å². The van der Waals surface area contributed by atoms with Crippen LogP contribution in [0.15, 0.2) is 21.8 Å². The van der Waals surface area contributed by atoms with E-state index in [-0.39, 0.29) is 23.1 Å². The van der Waals surface area contributed by atoms with Crippen LogP contribution in [-0.4, -0.2) is 82.2 Å². The van der Waals surface area contributed by atoms with Crippen molar-refractivity contribution in [1.82, 2.24) is 15.2 Å². The number of methoxy groups -OCH3 is 1. The number of rotatable bonds is 9. The molecule has 1 unspecified atom stereocenters. The third-order valence-electron chi connectivity index (χ3n) is 4.79. The Bertz CT molecular complexity index is 1050. The molecule has 13 nitrogen and oxygen atoms in total. The summed E-state index contributed by atoms with van der Waals surface area (Å²) in [4.78, 5) is 55.0. The number of carbonyl (C=O) groups is 4. The maximum atomic E-state index is 12.9. The minimum atomic E-state index is -0.990. The van der Waals surface area contributed by atoms with E-state index in [0.717, 1.165) is 11.3 Å². The van der Waals surface area contributed by atoms with Crippen LogP contribution in [0, 0.1) is 5.92 Å². The van der Waals surface area contributed by atoms with E-state index in [1.54, 1.807) is 13.8 Å². The number of nitrogen functional groups attached to an aromatic ring is 1. The van der Waals surface area contributed by atoms with Crippen molar-refractivity contribution in [2.45, 2.75) is 25.3 Å². The molecule has 0 spiro atoms. The number of anilines is 1. The highest BCUT2D eigenvalue weighted by molar-refractivity contribution is 8.00. The molecule has 1 saturated heterocycles. The van der Waals surface area contributed by atoms with E-state index in [4.69, 9.17) is 19.9 Å². The summed E-state index contributed by atoms with van der Waals surface area (Å²) in [7, 11) is 1.44. The van der Waals surface area contributed by atoms with E-state index < -0.39 is 53.6 Å². The fourth-order valence-corrected chi connectivity index (χ4v) is 5.03. The number of hydrogen-bond donors (Lipinski definition) is 3. The second-order valence-electron chi connectivity index (χ2n) is 7.43. The van der Waals surface area contributed by atoms with Crippen molar-refractivity contribution in [3.05, 3.63) is 22.3 Å². The summed E-state index contributed by atoms with van der Waals surface area (Å²) >= 11 is 2.37. The van der Waals surface area contributed by atoms with Crippen molar-refractivity contribution in [2.75, 3.05) is 32.0 Å². The van der Waals surface area contributed by atoms with Gasteiger partial charge in [0.2, 0.25) is 6.79 Å². The largest absolute Gasteiger partial charge is 0.428 e. The maximum Gasteiger partial charge on any atom is 0.358 e. The van der Waals surface area contributed by atoms with Crippen LogP contribution in [0.3, 0.4) is 0 Å². The van der Waals surface area contributed by atoms with Crippen LogP contribution in [0.5, 0.6) is 0 Å². The lowest BCUT2D eigenvalue weighted by atomic mass is 10.0. The molecular weight excluding hydrogens is 490 g/mol. The predicted octanol–water partition coefficient (Wildman–Crippen LogP) is -0.0961. The minimum Gasteiger partial charge on any atom is -0.428 e. The van der Waals surface area contributed by atoms with Gasteiger partial charge >= 0.3 is 11.9 Å². The maximum absolute atomic E-state index is 12.9. The highest BCUT2D eigenvalue weighted by Crippen LogP contribution is 2.40. The fraction of sp³-hybridized carbons (Fsp3) is 0.474. The Kier molecular flexibility index (Phi) is 8.11. The molecule has 0 aromatic carbocycles. The van der Waals surface area contributed by atoms with Gasteiger partial charge in [-0.1, -0.05) is 19.0 Å². The number of nitrogens with zero attached hydrogens (tertiary/aromatic N) is 3. The Morgan fingerprint density at radius 1 is 1.38 bits per heavy atom. The average Bonchev–Trinajstić information content (AvgIpc) is 3.23. The van der Waals surface area contributed by atoms with E-state index in [2.05, 4.69) is 15.5 Å². The standard InChI is InChI=1S/C19H23N5O8S2/c1-8(2)17(27)31-7-32-18(28)13-9(4-30-3)5-33-16-12(15(26)24(13)16)22-14(25)11(23-29)10-6-34-19(20)21-10/h6,8,12,16,29H,4-5,7H2,1-3H3,(H2,20,21)(H,22,25)/t12?,16-/m0/s1. The number of nitrogens with one attached hydrogen (secondary N) is 1. The number of ether oxygens (including phenoxy) is 3. The molecule has 1 aromatic rings. The molecule has 0 saturated carbocycles. The van der Waals surface area contributed by atoms with Crippen LogP contribution < -0.4 is 11.1 Å². The monoisotopic (exact) mass is 513 g/mol. The smallest absolute Gasteiger partial charge is 0.358 e. The molecule has 1 aromatic heterocycles. The van der Waals surface area contributed by atoms with Crippen LogP contribution in [0.25, 0.3) is 0 Å². The third kappa shape index (κ3) is 5.15. The van der Waals surface area contributed by atoms with Crippen LogP contribution in [0.2, 0.25) is 0 Å². The van der Waals surface area contributed by atoms with Gasteiger partial charge in [0.25, 0.3) is 11.8 Å². The number of β-lactam (4-membered cyclic amide) rings is 1. The zero-order valence-electron chi connectivity index (χ0n) is 18.5.